The van der Waals surface area contributed by atoms with Gasteiger partial charge in [0.1, 0.15) is 3.70 Å². The highest BCUT2D eigenvalue weighted by molar-refractivity contribution is 14.1. The third kappa shape index (κ3) is 4.07. The summed E-state index contributed by atoms with van der Waals surface area (Å²) in [5, 5.41) is 7.93. The van der Waals surface area contributed by atoms with Gasteiger partial charge in [0, 0.05) is 12.1 Å². The fraction of sp³-hybridized carbons (Fsp3) is 0.0714. The van der Waals surface area contributed by atoms with E-state index in [2.05, 4.69) is 20.8 Å². The van der Waals surface area contributed by atoms with Crippen LogP contribution in [-0.4, -0.2) is 17.3 Å². The molecule has 0 fully saturated rings. The molecule has 7 nitrogen and oxygen atoms in total. The lowest BCUT2D eigenvalue weighted by molar-refractivity contribution is -0.109. The zero-order chi connectivity index (χ0) is 15.9. The molecular formula is C14H11IN4O3. The van der Waals surface area contributed by atoms with E-state index >= 15 is 0 Å². The number of hydrogen-bond acceptors (Lipinski definition) is 5. The van der Waals surface area contributed by atoms with Crippen LogP contribution in [0.2, 0.25) is 0 Å². The van der Waals surface area contributed by atoms with Crippen LogP contribution in [0.4, 0.5) is 11.5 Å². The Morgan fingerprint density at radius 2 is 1.95 bits per heavy atom. The lowest BCUT2D eigenvalue weighted by Crippen LogP contribution is -2.14. The van der Waals surface area contributed by atoms with Gasteiger partial charge >= 0.3 is 0 Å². The Morgan fingerprint density at radius 3 is 2.59 bits per heavy atom. The summed E-state index contributed by atoms with van der Waals surface area (Å²) in [4.78, 5) is 37.2. The number of aromatic nitrogens is 1. The lowest BCUT2D eigenvalue weighted by Gasteiger charge is -2.07. The summed E-state index contributed by atoms with van der Waals surface area (Å²) in [5.74, 6) is -0.270. The maximum Gasteiger partial charge on any atom is 0.256 e. The van der Waals surface area contributed by atoms with Crippen LogP contribution >= 0.6 is 22.6 Å². The van der Waals surface area contributed by atoms with Gasteiger partial charge in [-0.3, -0.25) is 9.59 Å². The first kappa shape index (κ1) is 16.0. The molecule has 1 aromatic heterocycles. The molecule has 0 bridgehead atoms. The van der Waals surface area contributed by atoms with Gasteiger partial charge in [-0.05, 0) is 57.6 Å². The standard InChI is InChI=1S/C14H11IN4O3/c15-12-6-5-11(19-22)13(17-12)18-14(21)10-3-1-9(2-4-10)7-16-8-20/h1-6,8H,7H2,(H,16,20)(H,17,18,21). The summed E-state index contributed by atoms with van der Waals surface area (Å²) in [6.45, 7) is 0.392. The molecule has 2 aromatic rings. The molecule has 2 rings (SSSR count). The Hall–Kier alpha value is -2.36. The van der Waals surface area contributed by atoms with Crippen molar-refractivity contribution in [1.82, 2.24) is 10.3 Å². The zero-order valence-corrected chi connectivity index (χ0v) is 13.4. The van der Waals surface area contributed by atoms with E-state index in [-0.39, 0.29) is 11.5 Å². The molecule has 2 N–H and O–H groups in total. The number of carbonyl (C=O) groups excluding carboxylic acids is 2. The fourth-order valence-corrected chi connectivity index (χ4v) is 2.13. The maximum atomic E-state index is 12.1. The minimum Gasteiger partial charge on any atom is -0.355 e. The lowest BCUT2D eigenvalue weighted by atomic mass is 10.1. The van der Waals surface area contributed by atoms with E-state index in [1.54, 1.807) is 30.3 Å². The van der Waals surface area contributed by atoms with Crippen molar-refractivity contribution in [3.63, 3.8) is 0 Å². The Labute approximate surface area is 139 Å². The third-order valence-corrected chi connectivity index (χ3v) is 3.38. The Morgan fingerprint density at radius 1 is 1.23 bits per heavy atom. The molecular weight excluding hydrogens is 399 g/mol. The summed E-state index contributed by atoms with van der Waals surface area (Å²) in [6.07, 6.45) is 0.608. The number of amides is 2. The van der Waals surface area contributed by atoms with Crippen molar-refractivity contribution in [3.8, 4) is 0 Å². The number of benzene rings is 1. The molecule has 22 heavy (non-hydrogen) atoms. The summed E-state index contributed by atoms with van der Waals surface area (Å²) in [7, 11) is 0. The Bertz CT molecular complexity index is 704. The minimum atomic E-state index is -0.394. The van der Waals surface area contributed by atoms with Crippen molar-refractivity contribution in [2.75, 3.05) is 5.32 Å². The van der Waals surface area contributed by atoms with E-state index in [0.717, 1.165) is 5.56 Å². The molecule has 8 heteroatoms. The van der Waals surface area contributed by atoms with Crippen LogP contribution in [0, 0.1) is 8.61 Å². The van der Waals surface area contributed by atoms with Crippen molar-refractivity contribution in [1.29, 1.82) is 0 Å². The molecule has 0 radical (unpaired) electrons. The summed E-state index contributed by atoms with van der Waals surface area (Å²) in [6, 6.07) is 9.82. The number of anilines is 1. The number of nitrogens with zero attached hydrogens (tertiary/aromatic N) is 2. The molecule has 0 aliphatic rings. The predicted octanol–water partition coefficient (Wildman–Crippen LogP) is 2.58. The van der Waals surface area contributed by atoms with Crippen LogP contribution in [0.1, 0.15) is 15.9 Å². The van der Waals surface area contributed by atoms with Gasteiger partial charge in [0.05, 0.1) is 0 Å². The Balaban J connectivity index is 2.13. The van der Waals surface area contributed by atoms with E-state index in [0.29, 0.717) is 22.2 Å². The van der Waals surface area contributed by atoms with Gasteiger partial charge in [-0.2, -0.15) is 0 Å². The normalized spacial score (nSPS) is 9.86. The molecule has 0 aliphatic heterocycles. The number of rotatable bonds is 6. The van der Waals surface area contributed by atoms with Crippen LogP contribution in [0.15, 0.2) is 41.6 Å². The molecule has 2 amide bonds. The first-order chi connectivity index (χ1) is 10.6. The minimum absolute atomic E-state index is 0.0700. The van der Waals surface area contributed by atoms with Crippen molar-refractivity contribution < 1.29 is 9.59 Å². The van der Waals surface area contributed by atoms with Gasteiger partial charge in [0.15, 0.2) is 11.5 Å². The smallest absolute Gasteiger partial charge is 0.256 e. The number of hydrogen-bond donors (Lipinski definition) is 2. The Kier molecular flexibility index (Phi) is 5.53. The molecule has 1 heterocycles. The average molecular weight is 410 g/mol. The van der Waals surface area contributed by atoms with E-state index in [4.69, 9.17) is 0 Å². The second-order valence-electron chi connectivity index (χ2n) is 4.24. The average Bonchev–Trinajstić information content (AvgIpc) is 2.53. The van der Waals surface area contributed by atoms with E-state index < -0.39 is 5.91 Å². The van der Waals surface area contributed by atoms with Crippen molar-refractivity contribution >= 4 is 46.4 Å². The number of nitroso groups, excluding NO2 is 1. The number of halogens is 1. The first-order valence-corrected chi connectivity index (χ1v) is 7.29. The SMILES string of the molecule is O=CNCc1ccc(C(=O)Nc2nc(I)ccc2N=O)cc1. The second kappa shape index (κ2) is 7.59. The molecule has 0 atom stereocenters. The highest BCUT2D eigenvalue weighted by Gasteiger charge is 2.11. The van der Waals surface area contributed by atoms with Crippen molar-refractivity contribution in [2.24, 2.45) is 5.18 Å². The molecule has 112 valence electrons. The van der Waals surface area contributed by atoms with Gasteiger partial charge < -0.3 is 10.6 Å². The summed E-state index contributed by atoms with van der Waals surface area (Å²) < 4.78 is 0.635. The molecule has 1 aromatic carbocycles. The second-order valence-corrected chi connectivity index (χ2v) is 5.35. The van der Waals surface area contributed by atoms with Gasteiger partial charge in [0.25, 0.3) is 5.91 Å². The van der Waals surface area contributed by atoms with Crippen LogP contribution in [0.25, 0.3) is 0 Å². The van der Waals surface area contributed by atoms with Crippen molar-refractivity contribution in [2.45, 2.75) is 6.54 Å². The van der Waals surface area contributed by atoms with Gasteiger partial charge in [-0.25, -0.2) is 4.98 Å². The van der Waals surface area contributed by atoms with Gasteiger partial charge in [0.2, 0.25) is 6.41 Å². The van der Waals surface area contributed by atoms with Crippen LogP contribution in [-0.2, 0) is 11.3 Å². The highest BCUT2D eigenvalue weighted by Crippen LogP contribution is 2.23. The van der Waals surface area contributed by atoms with Crippen molar-refractivity contribution in [3.05, 3.63) is 56.1 Å². The maximum absolute atomic E-state index is 12.1. The monoisotopic (exact) mass is 410 g/mol. The summed E-state index contributed by atoms with van der Waals surface area (Å²) >= 11 is 1.98. The number of pyridine rings is 1. The number of nitrogens with one attached hydrogen (secondary N) is 2. The quantitative estimate of drug-likeness (QED) is 0.331. The molecule has 0 unspecified atom stereocenters. The van der Waals surface area contributed by atoms with E-state index in [1.165, 1.54) is 6.07 Å². The van der Waals surface area contributed by atoms with Crippen LogP contribution in [0.5, 0.6) is 0 Å². The molecule has 0 saturated carbocycles. The van der Waals surface area contributed by atoms with Gasteiger partial charge in [-0.1, -0.05) is 12.1 Å². The van der Waals surface area contributed by atoms with Crippen LogP contribution < -0.4 is 10.6 Å². The molecule has 0 spiro atoms. The van der Waals surface area contributed by atoms with E-state index in [1.807, 2.05) is 22.6 Å². The highest BCUT2D eigenvalue weighted by atomic mass is 127. The molecule has 0 saturated heterocycles. The van der Waals surface area contributed by atoms with Gasteiger partial charge in [-0.15, -0.1) is 4.91 Å². The fourth-order valence-electron chi connectivity index (χ4n) is 1.71. The van der Waals surface area contributed by atoms with E-state index in [9.17, 15) is 14.5 Å². The largest absolute Gasteiger partial charge is 0.355 e. The number of carbonyl (C=O) groups is 2. The first-order valence-electron chi connectivity index (χ1n) is 6.21. The molecule has 0 aliphatic carbocycles. The van der Waals surface area contributed by atoms with Crippen LogP contribution in [0.3, 0.4) is 0 Å². The predicted molar refractivity (Wildman–Crippen MR) is 89.7 cm³/mol. The zero-order valence-electron chi connectivity index (χ0n) is 11.2. The summed E-state index contributed by atoms with van der Waals surface area (Å²) in [5.41, 5.74) is 1.35. The third-order valence-electron chi connectivity index (χ3n) is 2.78. The topological polar surface area (TPSA) is 101 Å².